The van der Waals surface area contributed by atoms with E-state index in [1.54, 1.807) is 6.92 Å². The first-order valence-corrected chi connectivity index (χ1v) is 10.9. The Morgan fingerprint density at radius 3 is 2.00 bits per heavy atom. The van der Waals surface area contributed by atoms with E-state index in [9.17, 15) is 9.36 Å². The van der Waals surface area contributed by atoms with Crippen molar-refractivity contribution < 1.29 is 23.1 Å². The van der Waals surface area contributed by atoms with Gasteiger partial charge in [-0.1, -0.05) is 40.2 Å². The van der Waals surface area contributed by atoms with Crippen molar-refractivity contribution in [3.63, 3.8) is 0 Å². The molecule has 7 heteroatoms. The van der Waals surface area contributed by atoms with E-state index in [0.717, 1.165) is 12.8 Å². The number of unbranched alkanes of at least 4 members (excludes halogenated alkanes) is 1. The van der Waals surface area contributed by atoms with Crippen LogP contribution in [0.5, 0.6) is 0 Å². The van der Waals surface area contributed by atoms with Gasteiger partial charge in [-0.2, -0.15) is 0 Å². The highest BCUT2D eigenvalue weighted by Crippen LogP contribution is 2.59. The zero-order chi connectivity index (χ0) is 19.5. The quantitative estimate of drug-likeness (QED) is 0.421. The maximum Gasteiger partial charge on any atom is 0.407 e. The molecule has 0 rings (SSSR count). The molecule has 1 unspecified atom stereocenters. The molecule has 1 N–H and O–H groups in total. The average molecular weight is 377 g/mol. The topological polar surface area (TPSA) is 73.9 Å². The van der Waals surface area contributed by atoms with Gasteiger partial charge in [0.25, 0.3) is 0 Å². The van der Waals surface area contributed by atoms with Gasteiger partial charge in [-0.25, -0.2) is 4.79 Å². The van der Waals surface area contributed by atoms with Gasteiger partial charge in [0.2, 0.25) is 0 Å². The Hall–Kier alpha value is -0.840. The molecule has 0 spiro atoms. The molecule has 0 aliphatic carbocycles. The minimum Gasteiger partial charge on any atom is -0.450 e. The molecule has 0 saturated heterocycles. The summed E-state index contributed by atoms with van der Waals surface area (Å²) in [7, 11) is -3.59. The van der Waals surface area contributed by atoms with Crippen molar-refractivity contribution in [1.29, 1.82) is 0 Å². The summed E-state index contributed by atoms with van der Waals surface area (Å²) in [5.41, 5.74) is 0. The number of rotatable bonds is 13. The first kappa shape index (κ1) is 24.2. The van der Waals surface area contributed by atoms with Crippen LogP contribution in [0.3, 0.4) is 0 Å². The molecule has 0 bridgehead atoms. The standard InChI is InChI=1S/C18H36NO5P/c1-8-12-13-17(19-18(20)22-11-4)16(7)25(21,23-14(5)9-2)24-15(6)10-3/h14-15,17H,7-13H2,1-6H3,(H,19,20)/t14-,15-,17?/m0/s1. The Morgan fingerprint density at radius 1 is 1.08 bits per heavy atom. The normalized spacial score (nSPS) is 15.3. The van der Waals surface area contributed by atoms with Crippen molar-refractivity contribution in [2.24, 2.45) is 0 Å². The van der Waals surface area contributed by atoms with E-state index in [0.29, 0.717) is 19.3 Å². The van der Waals surface area contributed by atoms with Crippen molar-refractivity contribution in [1.82, 2.24) is 5.32 Å². The third-order valence-electron chi connectivity index (χ3n) is 3.96. The largest absolute Gasteiger partial charge is 0.450 e. The number of alkyl carbamates (subject to hydrolysis) is 1. The Balaban J connectivity index is 5.45. The molecule has 0 aromatic carbocycles. The molecule has 0 saturated carbocycles. The van der Waals surface area contributed by atoms with Crippen molar-refractivity contribution in [2.45, 2.75) is 91.9 Å². The monoisotopic (exact) mass is 377 g/mol. The highest BCUT2D eigenvalue weighted by atomic mass is 31.2. The van der Waals surface area contributed by atoms with E-state index < -0.39 is 19.7 Å². The lowest BCUT2D eigenvalue weighted by molar-refractivity contribution is 0.126. The van der Waals surface area contributed by atoms with Gasteiger partial charge in [0, 0.05) is 0 Å². The van der Waals surface area contributed by atoms with E-state index >= 15 is 0 Å². The number of hydrogen-bond acceptors (Lipinski definition) is 5. The van der Waals surface area contributed by atoms with Crippen LogP contribution in [0.4, 0.5) is 4.79 Å². The van der Waals surface area contributed by atoms with Gasteiger partial charge in [0.1, 0.15) is 0 Å². The summed E-state index contributed by atoms with van der Waals surface area (Å²) in [6.45, 7) is 15.6. The summed E-state index contributed by atoms with van der Waals surface area (Å²) in [6, 6.07) is -0.516. The van der Waals surface area contributed by atoms with Crippen LogP contribution in [0.25, 0.3) is 0 Å². The van der Waals surface area contributed by atoms with E-state index in [1.165, 1.54) is 0 Å². The first-order valence-electron chi connectivity index (χ1n) is 9.33. The summed E-state index contributed by atoms with van der Waals surface area (Å²) in [5, 5.41) is 3.03. The van der Waals surface area contributed by atoms with Gasteiger partial charge in [-0.3, -0.25) is 4.57 Å². The van der Waals surface area contributed by atoms with Crippen LogP contribution in [0.1, 0.15) is 73.6 Å². The molecule has 1 amide bonds. The van der Waals surface area contributed by atoms with Crippen LogP contribution in [-0.2, 0) is 18.3 Å². The lowest BCUT2D eigenvalue weighted by atomic mass is 10.1. The third-order valence-corrected chi connectivity index (χ3v) is 6.25. The lowest BCUT2D eigenvalue weighted by Crippen LogP contribution is -2.37. The Bertz CT molecular complexity index is 439. The van der Waals surface area contributed by atoms with Crippen molar-refractivity contribution in [3.8, 4) is 0 Å². The number of carbonyl (C=O) groups is 1. The van der Waals surface area contributed by atoms with Crippen LogP contribution < -0.4 is 5.32 Å². The lowest BCUT2D eigenvalue weighted by Gasteiger charge is -2.30. The van der Waals surface area contributed by atoms with Crippen LogP contribution in [0, 0.1) is 0 Å². The van der Waals surface area contributed by atoms with E-state index in [-0.39, 0.29) is 24.1 Å². The zero-order valence-electron chi connectivity index (χ0n) is 16.7. The summed E-state index contributed by atoms with van der Waals surface area (Å²) in [6.07, 6.45) is 2.77. The molecular weight excluding hydrogens is 341 g/mol. The SMILES string of the molecule is C=C(C(CCCC)NC(=O)OCC)P(=O)(O[C@@H](C)CC)O[C@@H](C)CC. The molecule has 0 aromatic heterocycles. The predicted octanol–water partition coefficient (Wildman–Crippen LogP) is 5.63. The molecule has 0 aromatic rings. The van der Waals surface area contributed by atoms with Gasteiger partial charge >= 0.3 is 13.7 Å². The number of nitrogens with one attached hydrogen (secondary N) is 1. The highest BCUT2D eigenvalue weighted by Gasteiger charge is 2.37. The van der Waals surface area contributed by atoms with Crippen molar-refractivity contribution in [2.75, 3.05) is 6.61 Å². The van der Waals surface area contributed by atoms with E-state index in [4.69, 9.17) is 13.8 Å². The maximum absolute atomic E-state index is 13.5. The van der Waals surface area contributed by atoms with E-state index in [1.807, 2.05) is 27.7 Å². The fourth-order valence-corrected chi connectivity index (χ4v) is 4.16. The number of hydrogen-bond donors (Lipinski definition) is 1. The van der Waals surface area contributed by atoms with Gasteiger partial charge in [-0.15, -0.1) is 0 Å². The van der Waals surface area contributed by atoms with Crippen LogP contribution in [-0.4, -0.2) is 30.9 Å². The van der Waals surface area contributed by atoms with Gasteiger partial charge in [0.05, 0.1) is 30.2 Å². The average Bonchev–Trinajstić information content (AvgIpc) is 2.57. The minimum atomic E-state index is -3.59. The number of carbonyl (C=O) groups excluding carboxylic acids is 1. The maximum atomic E-state index is 13.5. The summed E-state index contributed by atoms with van der Waals surface area (Å²) in [4.78, 5) is 11.9. The molecule has 0 heterocycles. The number of ether oxygens (including phenoxy) is 1. The Kier molecular flexibility index (Phi) is 12.1. The van der Waals surface area contributed by atoms with Crippen LogP contribution in [0.15, 0.2) is 11.9 Å². The molecule has 148 valence electrons. The molecule has 6 nitrogen and oxygen atoms in total. The highest BCUT2D eigenvalue weighted by molar-refractivity contribution is 7.58. The fourth-order valence-electron chi connectivity index (χ4n) is 2.02. The molecule has 0 fully saturated rings. The number of amides is 1. The molecule has 3 atom stereocenters. The second-order valence-corrected chi connectivity index (χ2v) is 8.19. The molecule has 25 heavy (non-hydrogen) atoms. The summed E-state index contributed by atoms with van der Waals surface area (Å²) in [5.74, 6) is 0. The molecule has 0 aliphatic rings. The Labute approximate surface area is 153 Å². The summed E-state index contributed by atoms with van der Waals surface area (Å²) < 4.78 is 29.9. The minimum absolute atomic E-state index is 0.235. The predicted molar refractivity (Wildman–Crippen MR) is 102 cm³/mol. The second-order valence-electron chi connectivity index (χ2n) is 6.20. The van der Waals surface area contributed by atoms with Crippen LogP contribution in [0.2, 0.25) is 0 Å². The van der Waals surface area contributed by atoms with Crippen molar-refractivity contribution >= 4 is 13.7 Å². The van der Waals surface area contributed by atoms with E-state index in [2.05, 4.69) is 18.8 Å². The summed E-state index contributed by atoms with van der Waals surface area (Å²) >= 11 is 0. The smallest absolute Gasteiger partial charge is 0.407 e. The zero-order valence-corrected chi connectivity index (χ0v) is 17.6. The van der Waals surface area contributed by atoms with Crippen molar-refractivity contribution in [3.05, 3.63) is 11.9 Å². The third kappa shape index (κ3) is 8.89. The Morgan fingerprint density at radius 2 is 1.60 bits per heavy atom. The molecular formula is C18H36NO5P. The second kappa shape index (κ2) is 12.5. The molecule has 0 radical (unpaired) electrons. The molecule has 0 aliphatic heterocycles. The van der Waals surface area contributed by atoms with Gasteiger partial charge in [-0.05, 0) is 40.0 Å². The van der Waals surface area contributed by atoms with Gasteiger partial charge in [0.15, 0.2) is 0 Å². The van der Waals surface area contributed by atoms with Crippen LogP contribution >= 0.6 is 7.60 Å². The fraction of sp³-hybridized carbons (Fsp3) is 0.833. The first-order chi connectivity index (χ1) is 11.7. The van der Waals surface area contributed by atoms with Gasteiger partial charge < -0.3 is 19.1 Å².